The van der Waals surface area contributed by atoms with Gasteiger partial charge in [-0.2, -0.15) is 0 Å². The number of anilines is 2. The third kappa shape index (κ3) is 3.28. The summed E-state index contributed by atoms with van der Waals surface area (Å²) in [5, 5.41) is 22.3. The van der Waals surface area contributed by atoms with Crippen LogP contribution < -0.4 is 14.5 Å². The number of ether oxygens (including phenoxy) is 1. The number of amides is 2. The van der Waals surface area contributed by atoms with E-state index in [9.17, 15) is 24.8 Å². The van der Waals surface area contributed by atoms with Gasteiger partial charge in [0.25, 0.3) is 5.69 Å². The average molecular weight is 512 g/mol. The summed E-state index contributed by atoms with van der Waals surface area (Å²) in [7, 11) is 1.58. The van der Waals surface area contributed by atoms with Crippen LogP contribution in [0, 0.1) is 27.4 Å². The average Bonchev–Trinajstić information content (AvgIpc) is 3.24. The van der Waals surface area contributed by atoms with Crippen LogP contribution in [0.1, 0.15) is 11.6 Å². The van der Waals surface area contributed by atoms with E-state index in [4.69, 9.17) is 4.74 Å². The van der Waals surface area contributed by atoms with Crippen molar-refractivity contribution in [3.8, 4) is 5.75 Å². The van der Waals surface area contributed by atoms with Crippen molar-refractivity contribution in [1.82, 2.24) is 0 Å². The highest BCUT2D eigenvalue weighted by atomic mass is 16.6. The molecule has 4 aliphatic rings. The minimum absolute atomic E-state index is 0.0560. The zero-order valence-corrected chi connectivity index (χ0v) is 20.5. The van der Waals surface area contributed by atoms with Crippen LogP contribution in [0.15, 0.2) is 91.0 Å². The Morgan fingerprint density at radius 2 is 1.63 bits per heavy atom. The topological polar surface area (TPSA) is 113 Å². The molecule has 3 heterocycles. The molecule has 9 heteroatoms. The predicted octanol–water partition coefficient (Wildman–Crippen LogP) is 3.89. The number of carbonyl (C=O) groups excluding carboxylic acids is 2. The van der Waals surface area contributed by atoms with Gasteiger partial charge in [0.1, 0.15) is 5.75 Å². The quantitative estimate of drug-likeness (QED) is 0.231. The molecule has 7 rings (SSSR count). The second-order valence-corrected chi connectivity index (χ2v) is 9.83. The minimum Gasteiger partial charge on any atom is -0.497 e. The number of nitrogens with zero attached hydrogens (tertiary/aromatic N) is 3. The Morgan fingerprint density at radius 3 is 2.24 bits per heavy atom. The monoisotopic (exact) mass is 511 g/mol. The number of hydrogen-bond donors (Lipinski definition) is 1. The summed E-state index contributed by atoms with van der Waals surface area (Å²) in [6.07, 6.45) is 3.77. The van der Waals surface area contributed by atoms with Gasteiger partial charge in [-0.1, -0.05) is 42.5 Å². The molecule has 192 valence electrons. The third-order valence-electron chi connectivity index (χ3n) is 8.09. The number of aliphatic hydroxyl groups excluding tert-OH is 1. The van der Waals surface area contributed by atoms with E-state index in [2.05, 4.69) is 4.90 Å². The van der Waals surface area contributed by atoms with Crippen molar-refractivity contribution in [2.45, 2.75) is 12.1 Å². The van der Waals surface area contributed by atoms with Crippen LogP contribution >= 0.6 is 0 Å². The molecule has 2 saturated heterocycles. The Labute approximate surface area is 218 Å². The maximum absolute atomic E-state index is 14.0. The Balaban J connectivity index is 1.54. The second-order valence-electron chi connectivity index (χ2n) is 9.83. The van der Waals surface area contributed by atoms with Crippen LogP contribution in [0.5, 0.6) is 5.75 Å². The fourth-order valence-corrected chi connectivity index (χ4v) is 6.45. The first kappa shape index (κ1) is 23.9. The van der Waals surface area contributed by atoms with E-state index >= 15 is 0 Å². The lowest BCUT2D eigenvalue weighted by atomic mass is 9.55. The Kier molecular flexibility index (Phi) is 5.53. The number of methoxy groups -OCH3 is 1. The molecule has 1 N–H and O–H groups in total. The highest BCUT2D eigenvalue weighted by Crippen LogP contribution is 2.61. The molecule has 1 aliphatic carbocycles. The van der Waals surface area contributed by atoms with Gasteiger partial charge in [-0.3, -0.25) is 19.7 Å². The molecule has 0 radical (unpaired) electrons. The summed E-state index contributed by atoms with van der Waals surface area (Å²) < 4.78 is 5.33. The second kappa shape index (κ2) is 8.81. The zero-order chi connectivity index (χ0) is 26.6. The van der Waals surface area contributed by atoms with Gasteiger partial charge < -0.3 is 14.7 Å². The lowest BCUT2D eigenvalue weighted by Gasteiger charge is -2.59. The molecule has 5 atom stereocenters. The molecule has 0 saturated carbocycles. The van der Waals surface area contributed by atoms with Gasteiger partial charge in [-0.15, -0.1) is 0 Å². The molecule has 2 fully saturated rings. The van der Waals surface area contributed by atoms with Crippen molar-refractivity contribution >= 4 is 28.9 Å². The number of piperidine rings is 1. The first-order valence-electron chi connectivity index (χ1n) is 12.3. The van der Waals surface area contributed by atoms with E-state index in [1.54, 1.807) is 43.5 Å². The summed E-state index contributed by atoms with van der Waals surface area (Å²) in [6.45, 7) is -0.395. The number of nitro groups is 1. The molecule has 3 aromatic rings. The Bertz CT molecular complexity index is 1440. The number of hydrogen-bond acceptors (Lipinski definition) is 7. The highest BCUT2D eigenvalue weighted by Gasteiger charge is 2.68. The van der Waals surface area contributed by atoms with Gasteiger partial charge in [-0.05, 0) is 42.0 Å². The molecule has 38 heavy (non-hydrogen) atoms. The number of fused-ring (bicyclic) bond motifs is 1. The van der Waals surface area contributed by atoms with Crippen molar-refractivity contribution in [3.05, 3.63) is 107 Å². The smallest absolute Gasteiger partial charge is 0.269 e. The van der Waals surface area contributed by atoms with Gasteiger partial charge >= 0.3 is 0 Å². The van der Waals surface area contributed by atoms with E-state index in [1.165, 1.54) is 17.0 Å². The summed E-state index contributed by atoms with van der Waals surface area (Å²) in [5.74, 6) is -1.51. The molecule has 0 unspecified atom stereocenters. The third-order valence-corrected chi connectivity index (χ3v) is 8.09. The number of non-ortho nitro benzene ring substituents is 1. The first-order valence-corrected chi connectivity index (χ1v) is 12.3. The lowest BCUT2D eigenvalue weighted by Crippen LogP contribution is -2.64. The van der Waals surface area contributed by atoms with Gasteiger partial charge in [0.05, 0.1) is 48.2 Å². The number of carbonyl (C=O) groups is 2. The number of aliphatic hydroxyl groups is 1. The number of para-hydroxylation sites is 1. The molecule has 0 aromatic heterocycles. The normalized spacial score (nSPS) is 27.5. The summed E-state index contributed by atoms with van der Waals surface area (Å²) >= 11 is 0. The first-order chi connectivity index (χ1) is 18.4. The minimum atomic E-state index is -1.15. The zero-order valence-electron chi connectivity index (χ0n) is 20.5. The van der Waals surface area contributed by atoms with E-state index in [-0.39, 0.29) is 17.5 Å². The lowest BCUT2D eigenvalue weighted by molar-refractivity contribution is -0.384. The Morgan fingerprint density at radius 1 is 0.947 bits per heavy atom. The molecule has 2 amide bonds. The van der Waals surface area contributed by atoms with Crippen LogP contribution in [-0.2, 0) is 9.59 Å². The van der Waals surface area contributed by atoms with Crippen LogP contribution in [-0.4, -0.2) is 41.6 Å². The number of rotatable bonds is 6. The molecular formula is C29H25N3O6. The number of imide groups is 1. The van der Waals surface area contributed by atoms with E-state index in [0.717, 1.165) is 5.69 Å². The summed E-state index contributed by atoms with van der Waals surface area (Å²) in [4.78, 5) is 42.0. The summed E-state index contributed by atoms with van der Waals surface area (Å²) in [6, 6.07) is 21.3. The predicted molar refractivity (Wildman–Crippen MR) is 140 cm³/mol. The Hall–Kier alpha value is -4.50. The van der Waals surface area contributed by atoms with Crippen molar-refractivity contribution in [2.75, 3.05) is 23.5 Å². The van der Waals surface area contributed by atoms with Gasteiger partial charge in [0.15, 0.2) is 0 Å². The van der Waals surface area contributed by atoms with Crippen LogP contribution in [0.25, 0.3) is 0 Å². The maximum Gasteiger partial charge on any atom is 0.269 e. The van der Waals surface area contributed by atoms with E-state index in [0.29, 0.717) is 17.0 Å². The van der Waals surface area contributed by atoms with Crippen LogP contribution in [0.3, 0.4) is 0 Å². The van der Waals surface area contributed by atoms with E-state index in [1.807, 2.05) is 42.5 Å². The molecule has 3 aromatic carbocycles. The van der Waals surface area contributed by atoms with E-state index < -0.39 is 40.9 Å². The maximum atomic E-state index is 14.0. The molecule has 2 bridgehead atoms. The highest BCUT2D eigenvalue weighted by molar-refractivity contribution is 6.23. The van der Waals surface area contributed by atoms with Crippen LogP contribution in [0.4, 0.5) is 17.1 Å². The van der Waals surface area contributed by atoms with Crippen molar-refractivity contribution in [3.63, 3.8) is 0 Å². The fraction of sp³-hybridized carbons (Fsp3) is 0.241. The van der Waals surface area contributed by atoms with Crippen molar-refractivity contribution in [2.24, 2.45) is 17.3 Å². The van der Waals surface area contributed by atoms with Gasteiger partial charge in [0.2, 0.25) is 11.8 Å². The standard InChI is InChI=1S/C29H25N3O6/c1-38-22-13-11-20(12-14-22)30-23-15-16-29(17-33,26(30)18-7-9-21(10-8-18)32(36)37)25-24(23)27(34)31(28(25)35)19-5-3-2-4-6-19/h2-16,23-26,33H,17H2,1H3/t23-,24+,25-,26+,29-/m1/s1. The van der Waals surface area contributed by atoms with Crippen molar-refractivity contribution < 1.29 is 24.4 Å². The van der Waals surface area contributed by atoms with Crippen molar-refractivity contribution in [1.29, 1.82) is 0 Å². The molecular weight excluding hydrogens is 486 g/mol. The number of benzene rings is 3. The van der Waals surface area contributed by atoms with Gasteiger partial charge in [0, 0.05) is 23.2 Å². The molecule has 3 aliphatic heterocycles. The van der Waals surface area contributed by atoms with Crippen LogP contribution in [0.2, 0.25) is 0 Å². The van der Waals surface area contributed by atoms with Gasteiger partial charge in [-0.25, -0.2) is 4.90 Å². The fourth-order valence-electron chi connectivity index (χ4n) is 6.45. The molecule has 9 nitrogen and oxygen atoms in total. The molecule has 0 spiro atoms. The SMILES string of the molecule is COc1ccc(N2[C@@H]3C=C[C@](CO)([C@@H]2c2ccc([N+](=O)[O-])cc2)[C@H]2C(=O)N(c4ccccc4)C(=O)[C@@H]32)cc1. The number of nitro benzene ring substituents is 1. The largest absolute Gasteiger partial charge is 0.497 e. The summed E-state index contributed by atoms with van der Waals surface area (Å²) in [5.41, 5.74) is 0.767.